The number of hydrogen-bond acceptors (Lipinski definition) is 3. The molecule has 3 heteroatoms. The number of guanidine groups is 1. The minimum Gasteiger partial charge on any atom is -0.370 e. The summed E-state index contributed by atoms with van der Waals surface area (Å²) >= 11 is 0. The minimum atomic E-state index is 0.321. The molecule has 1 unspecified atom stereocenters. The molecule has 0 aliphatic carbocycles. The number of nitrogens with zero attached hydrogens (tertiary/aromatic N) is 2. The predicted molar refractivity (Wildman–Crippen MR) is 62.8 cm³/mol. The van der Waals surface area contributed by atoms with Crippen molar-refractivity contribution in [3.05, 3.63) is 35.4 Å². The molecule has 80 valence electrons. The fourth-order valence-electron chi connectivity index (χ4n) is 2.06. The lowest BCUT2D eigenvalue weighted by atomic mass is 9.98. The third-order valence-corrected chi connectivity index (χ3v) is 3.05. The molecule has 1 aromatic rings. The van der Waals surface area contributed by atoms with E-state index in [-0.39, 0.29) is 0 Å². The van der Waals surface area contributed by atoms with Gasteiger partial charge in [0.1, 0.15) is 0 Å². The molecule has 15 heavy (non-hydrogen) atoms. The fraction of sp³-hybridized carbons (Fsp3) is 0.417. The normalized spacial score (nSPS) is 20.5. The first-order chi connectivity index (χ1) is 7.24. The van der Waals surface area contributed by atoms with Gasteiger partial charge in [0.25, 0.3) is 0 Å². The van der Waals surface area contributed by atoms with Crippen LogP contribution < -0.4 is 5.73 Å². The number of aryl methyl sites for hydroxylation is 1. The lowest BCUT2D eigenvalue weighted by molar-refractivity contribution is 0.412. The van der Waals surface area contributed by atoms with Gasteiger partial charge in [0, 0.05) is 7.05 Å². The Labute approximate surface area is 90.6 Å². The molecule has 1 aliphatic rings. The van der Waals surface area contributed by atoms with Gasteiger partial charge in [0.15, 0.2) is 5.96 Å². The van der Waals surface area contributed by atoms with E-state index >= 15 is 0 Å². The summed E-state index contributed by atoms with van der Waals surface area (Å²) in [5.41, 5.74) is 8.52. The summed E-state index contributed by atoms with van der Waals surface area (Å²) in [6.45, 7) is 2.96. The lowest BCUT2D eigenvalue weighted by Gasteiger charge is -2.23. The highest BCUT2D eigenvalue weighted by atomic mass is 15.3. The van der Waals surface area contributed by atoms with Gasteiger partial charge < -0.3 is 10.6 Å². The highest BCUT2D eigenvalue weighted by Gasteiger charge is 2.25. The maximum atomic E-state index is 5.77. The first-order valence-electron chi connectivity index (χ1n) is 5.34. The average molecular weight is 203 g/mol. The molecule has 2 rings (SSSR count). The standard InChI is InChI=1S/C12H17N3/c1-3-9-6-4-5-7-10(9)11-8-14-12(13)15(11)2/h4-7,11H,3,8H2,1-2H3,(H2,13,14). The topological polar surface area (TPSA) is 41.6 Å². The van der Waals surface area contributed by atoms with Crippen LogP contribution in [0.2, 0.25) is 0 Å². The summed E-state index contributed by atoms with van der Waals surface area (Å²) in [6.07, 6.45) is 1.06. The highest BCUT2D eigenvalue weighted by Crippen LogP contribution is 2.26. The second-order valence-corrected chi connectivity index (χ2v) is 3.88. The van der Waals surface area contributed by atoms with Crippen molar-refractivity contribution in [1.82, 2.24) is 4.90 Å². The zero-order chi connectivity index (χ0) is 10.8. The van der Waals surface area contributed by atoms with Gasteiger partial charge in [0.05, 0.1) is 12.6 Å². The average Bonchev–Trinajstić information content (AvgIpc) is 2.60. The maximum Gasteiger partial charge on any atom is 0.191 e. The molecule has 0 saturated carbocycles. The van der Waals surface area contributed by atoms with E-state index in [2.05, 4.69) is 41.1 Å². The Kier molecular flexibility index (Phi) is 2.62. The van der Waals surface area contributed by atoms with Gasteiger partial charge in [0.2, 0.25) is 0 Å². The molecule has 0 fully saturated rings. The third kappa shape index (κ3) is 1.69. The lowest BCUT2D eigenvalue weighted by Crippen LogP contribution is -2.32. The number of hydrogen-bond donors (Lipinski definition) is 1. The van der Waals surface area contributed by atoms with Crippen molar-refractivity contribution in [2.24, 2.45) is 10.7 Å². The van der Waals surface area contributed by atoms with Gasteiger partial charge in [-0.3, -0.25) is 4.99 Å². The van der Waals surface area contributed by atoms with Gasteiger partial charge in [-0.1, -0.05) is 31.2 Å². The molecule has 3 nitrogen and oxygen atoms in total. The van der Waals surface area contributed by atoms with Gasteiger partial charge in [-0.15, -0.1) is 0 Å². The Morgan fingerprint density at radius 3 is 2.80 bits per heavy atom. The first kappa shape index (κ1) is 10.0. The largest absolute Gasteiger partial charge is 0.370 e. The van der Waals surface area contributed by atoms with Crippen molar-refractivity contribution in [1.29, 1.82) is 0 Å². The first-order valence-corrected chi connectivity index (χ1v) is 5.34. The van der Waals surface area contributed by atoms with Crippen molar-refractivity contribution < 1.29 is 0 Å². The number of benzene rings is 1. The van der Waals surface area contributed by atoms with Crippen LogP contribution in [0.5, 0.6) is 0 Å². The fourth-order valence-corrected chi connectivity index (χ4v) is 2.06. The minimum absolute atomic E-state index is 0.321. The summed E-state index contributed by atoms with van der Waals surface area (Å²) in [6, 6.07) is 8.84. The van der Waals surface area contributed by atoms with Crippen molar-refractivity contribution >= 4 is 5.96 Å². The van der Waals surface area contributed by atoms with E-state index in [1.807, 2.05) is 7.05 Å². The molecule has 0 aromatic heterocycles. The molecular weight excluding hydrogens is 186 g/mol. The second kappa shape index (κ2) is 3.93. The molecule has 1 aliphatic heterocycles. The van der Waals surface area contributed by atoms with Gasteiger partial charge in [-0.25, -0.2) is 0 Å². The molecular formula is C12H17N3. The van der Waals surface area contributed by atoms with Crippen molar-refractivity contribution in [2.45, 2.75) is 19.4 Å². The smallest absolute Gasteiger partial charge is 0.191 e. The monoisotopic (exact) mass is 203 g/mol. The van der Waals surface area contributed by atoms with Crippen LogP contribution in [0.15, 0.2) is 29.3 Å². The Morgan fingerprint density at radius 2 is 2.20 bits per heavy atom. The van der Waals surface area contributed by atoms with Crippen LogP contribution in [0.25, 0.3) is 0 Å². The molecule has 0 radical (unpaired) electrons. The Morgan fingerprint density at radius 1 is 1.47 bits per heavy atom. The van der Waals surface area contributed by atoms with Crippen LogP contribution >= 0.6 is 0 Å². The molecule has 0 amide bonds. The second-order valence-electron chi connectivity index (χ2n) is 3.88. The van der Waals surface area contributed by atoms with Crippen molar-refractivity contribution in [3.63, 3.8) is 0 Å². The zero-order valence-electron chi connectivity index (χ0n) is 9.27. The van der Waals surface area contributed by atoms with Crippen LogP contribution in [0.3, 0.4) is 0 Å². The Bertz CT molecular complexity index is 384. The number of rotatable bonds is 2. The summed E-state index contributed by atoms with van der Waals surface area (Å²) in [4.78, 5) is 6.32. The molecule has 1 heterocycles. The van der Waals surface area contributed by atoms with E-state index < -0.39 is 0 Å². The summed E-state index contributed by atoms with van der Waals surface area (Å²) in [7, 11) is 2.00. The summed E-state index contributed by atoms with van der Waals surface area (Å²) in [5.74, 6) is 0.644. The van der Waals surface area contributed by atoms with Crippen molar-refractivity contribution in [3.8, 4) is 0 Å². The number of aliphatic imine (C=N–C) groups is 1. The molecule has 0 saturated heterocycles. The zero-order valence-corrected chi connectivity index (χ0v) is 9.27. The Hall–Kier alpha value is -1.51. The van der Waals surface area contributed by atoms with Crippen LogP contribution in [0.1, 0.15) is 24.1 Å². The van der Waals surface area contributed by atoms with Crippen LogP contribution in [-0.2, 0) is 6.42 Å². The van der Waals surface area contributed by atoms with E-state index in [0.29, 0.717) is 12.0 Å². The maximum absolute atomic E-state index is 5.77. The summed E-state index contributed by atoms with van der Waals surface area (Å²) in [5, 5.41) is 0. The van der Waals surface area contributed by atoms with E-state index in [9.17, 15) is 0 Å². The SMILES string of the molecule is CCc1ccccc1C1CN=C(N)N1C. The highest BCUT2D eigenvalue weighted by molar-refractivity contribution is 5.80. The third-order valence-electron chi connectivity index (χ3n) is 3.05. The Balaban J connectivity index is 2.31. The molecule has 1 aromatic carbocycles. The molecule has 2 N–H and O–H groups in total. The molecule has 1 atom stereocenters. The van der Waals surface area contributed by atoms with E-state index in [1.165, 1.54) is 11.1 Å². The molecule has 0 bridgehead atoms. The number of likely N-dealkylation sites (N-methyl/N-ethyl adjacent to an activating group) is 1. The van der Waals surface area contributed by atoms with Crippen LogP contribution in [-0.4, -0.2) is 24.5 Å². The van der Waals surface area contributed by atoms with E-state index in [0.717, 1.165) is 13.0 Å². The van der Waals surface area contributed by atoms with Crippen LogP contribution in [0, 0.1) is 0 Å². The molecule has 0 spiro atoms. The van der Waals surface area contributed by atoms with E-state index in [1.54, 1.807) is 0 Å². The van der Waals surface area contributed by atoms with Gasteiger partial charge >= 0.3 is 0 Å². The van der Waals surface area contributed by atoms with Crippen LogP contribution in [0.4, 0.5) is 0 Å². The van der Waals surface area contributed by atoms with Gasteiger partial charge in [-0.2, -0.15) is 0 Å². The van der Waals surface area contributed by atoms with E-state index in [4.69, 9.17) is 5.73 Å². The quantitative estimate of drug-likeness (QED) is 0.792. The van der Waals surface area contributed by atoms with Gasteiger partial charge in [-0.05, 0) is 17.5 Å². The number of nitrogens with two attached hydrogens (primary N) is 1. The summed E-state index contributed by atoms with van der Waals surface area (Å²) < 4.78 is 0. The predicted octanol–water partition coefficient (Wildman–Crippen LogP) is 1.55. The van der Waals surface area contributed by atoms with Crippen molar-refractivity contribution in [2.75, 3.05) is 13.6 Å².